The van der Waals surface area contributed by atoms with E-state index in [1.54, 1.807) is 6.92 Å². The standard InChI is InChI=1S/C13H21FN2/c1-10-8-11(6-7-12(10)14)16(5)13(2,3)9-15-4/h6-8,15H,9H2,1-5H3. The quantitative estimate of drug-likeness (QED) is 0.845. The van der Waals surface area contributed by atoms with Crippen LogP contribution in [0.1, 0.15) is 19.4 Å². The minimum Gasteiger partial charge on any atom is -0.368 e. The smallest absolute Gasteiger partial charge is 0.126 e. The van der Waals surface area contributed by atoms with Crippen molar-refractivity contribution in [2.45, 2.75) is 26.3 Å². The number of rotatable bonds is 4. The third kappa shape index (κ3) is 2.73. The predicted molar refractivity (Wildman–Crippen MR) is 67.5 cm³/mol. The molecule has 1 rings (SSSR count). The maximum absolute atomic E-state index is 13.2. The van der Waals surface area contributed by atoms with Crippen LogP contribution in [0.4, 0.5) is 10.1 Å². The SMILES string of the molecule is CNCC(C)(C)N(C)c1ccc(F)c(C)c1. The number of hydrogen-bond acceptors (Lipinski definition) is 2. The van der Waals surface area contributed by atoms with Gasteiger partial charge in [-0.25, -0.2) is 4.39 Å². The lowest BCUT2D eigenvalue weighted by molar-refractivity contribution is 0.463. The summed E-state index contributed by atoms with van der Waals surface area (Å²) < 4.78 is 13.2. The van der Waals surface area contributed by atoms with Crippen LogP contribution in [0.15, 0.2) is 18.2 Å². The Bertz CT molecular complexity index is 361. The minimum atomic E-state index is -0.149. The Morgan fingerprint density at radius 2 is 2.00 bits per heavy atom. The molecule has 0 saturated heterocycles. The van der Waals surface area contributed by atoms with Gasteiger partial charge in [-0.3, -0.25) is 0 Å². The fraction of sp³-hybridized carbons (Fsp3) is 0.538. The third-order valence-corrected chi connectivity index (χ3v) is 3.05. The molecule has 0 aliphatic rings. The van der Waals surface area contributed by atoms with Gasteiger partial charge >= 0.3 is 0 Å². The zero-order valence-electron chi connectivity index (χ0n) is 10.8. The molecule has 2 nitrogen and oxygen atoms in total. The molecule has 1 aromatic carbocycles. The summed E-state index contributed by atoms with van der Waals surface area (Å²) in [4.78, 5) is 2.16. The highest BCUT2D eigenvalue weighted by Crippen LogP contribution is 2.23. The molecule has 1 aromatic rings. The van der Waals surface area contributed by atoms with E-state index in [0.717, 1.165) is 12.2 Å². The van der Waals surface area contributed by atoms with Crippen LogP contribution in [0.5, 0.6) is 0 Å². The van der Waals surface area contributed by atoms with Gasteiger partial charge in [-0.1, -0.05) is 0 Å². The van der Waals surface area contributed by atoms with Gasteiger partial charge in [-0.15, -0.1) is 0 Å². The topological polar surface area (TPSA) is 15.3 Å². The highest BCUT2D eigenvalue weighted by molar-refractivity contribution is 5.50. The van der Waals surface area contributed by atoms with E-state index in [0.29, 0.717) is 5.56 Å². The summed E-state index contributed by atoms with van der Waals surface area (Å²) in [6, 6.07) is 5.23. The first-order chi connectivity index (χ1) is 7.38. The van der Waals surface area contributed by atoms with Crippen LogP contribution in [0, 0.1) is 12.7 Å². The monoisotopic (exact) mass is 224 g/mol. The molecule has 0 aliphatic heterocycles. The van der Waals surface area contributed by atoms with Gasteiger partial charge in [0.1, 0.15) is 5.82 Å². The van der Waals surface area contributed by atoms with Gasteiger partial charge in [0.25, 0.3) is 0 Å². The maximum atomic E-state index is 13.2. The molecule has 0 aliphatic carbocycles. The Morgan fingerprint density at radius 1 is 1.38 bits per heavy atom. The highest BCUT2D eigenvalue weighted by atomic mass is 19.1. The van der Waals surface area contributed by atoms with Gasteiger partial charge in [0, 0.05) is 24.8 Å². The number of likely N-dealkylation sites (N-methyl/N-ethyl adjacent to an activating group) is 2. The summed E-state index contributed by atoms with van der Waals surface area (Å²) in [5.74, 6) is -0.149. The molecule has 90 valence electrons. The van der Waals surface area contributed by atoms with Crippen molar-refractivity contribution in [2.24, 2.45) is 0 Å². The fourth-order valence-corrected chi connectivity index (χ4v) is 1.74. The molecule has 0 heterocycles. The summed E-state index contributed by atoms with van der Waals surface area (Å²) in [6.07, 6.45) is 0. The van der Waals surface area contributed by atoms with Crippen LogP contribution in [0.25, 0.3) is 0 Å². The molecule has 0 unspecified atom stereocenters. The van der Waals surface area contributed by atoms with E-state index < -0.39 is 0 Å². The number of hydrogen-bond donors (Lipinski definition) is 1. The van der Waals surface area contributed by atoms with Crippen molar-refractivity contribution in [3.8, 4) is 0 Å². The zero-order chi connectivity index (χ0) is 12.3. The molecule has 16 heavy (non-hydrogen) atoms. The Hall–Kier alpha value is -1.09. The molecular weight excluding hydrogens is 203 g/mol. The van der Waals surface area contributed by atoms with Gasteiger partial charge < -0.3 is 10.2 Å². The number of benzene rings is 1. The number of nitrogens with zero attached hydrogens (tertiary/aromatic N) is 1. The third-order valence-electron chi connectivity index (χ3n) is 3.05. The molecule has 0 aromatic heterocycles. The largest absolute Gasteiger partial charge is 0.368 e. The van der Waals surface area contributed by atoms with E-state index in [4.69, 9.17) is 0 Å². The van der Waals surface area contributed by atoms with Crippen molar-refractivity contribution in [3.05, 3.63) is 29.6 Å². The number of nitrogens with one attached hydrogen (secondary N) is 1. The Morgan fingerprint density at radius 3 is 2.50 bits per heavy atom. The lowest BCUT2D eigenvalue weighted by atomic mass is 10.0. The molecule has 0 atom stereocenters. The van der Waals surface area contributed by atoms with Crippen LogP contribution < -0.4 is 10.2 Å². The van der Waals surface area contributed by atoms with Crippen molar-refractivity contribution in [3.63, 3.8) is 0 Å². The summed E-state index contributed by atoms with van der Waals surface area (Å²) in [5, 5.41) is 3.17. The Kier molecular flexibility index (Phi) is 3.92. The summed E-state index contributed by atoms with van der Waals surface area (Å²) in [7, 11) is 3.97. The summed E-state index contributed by atoms with van der Waals surface area (Å²) in [5.41, 5.74) is 1.72. The number of aryl methyl sites for hydroxylation is 1. The molecule has 0 bridgehead atoms. The summed E-state index contributed by atoms with van der Waals surface area (Å²) >= 11 is 0. The highest BCUT2D eigenvalue weighted by Gasteiger charge is 2.23. The van der Waals surface area contributed by atoms with Gasteiger partial charge in [0.05, 0.1) is 0 Å². The van der Waals surface area contributed by atoms with Crippen LogP contribution in [0.3, 0.4) is 0 Å². The number of anilines is 1. The average molecular weight is 224 g/mol. The first-order valence-corrected chi connectivity index (χ1v) is 5.53. The van der Waals surface area contributed by atoms with E-state index in [-0.39, 0.29) is 11.4 Å². The van der Waals surface area contributed by atoms with Crippen molar-refractivity contribution in [1.82, 2.24) is 5.32 Å². The first kappa shape index (κ1) is 13.0. The van der Waals surface area contributed by atoms with Crippen LogP contribution in [-0.2, 0) is 0 Å². The molecule has 3 heteroatoms. The fourth-order valence-electron chi connectivity index (χ4n) is 1.74. The zero-order valence-corrected chi connectivity index (χ0v) is 10.8. The van der Waals surface area contributed by atoms with Crippen LogP contribution in [0.2, 0.25) is 0 Å². The molecule has 0 saturated carbocycles. The van der Waals surface area contributed by atoms with Crippen molar-refractivity contribution in [2.75, 3.05) is 25.5 Å². The van der Waals surface area contributed by atoms with Crippen molar-refractivity contribution >= 4 is 5.69 Å². The summed E-state index contributed by atoms with van der Waals surface area (Å²) in [6.45, 7) is 6.97. The van der Waals surface area contributed by atoms with Crippen LogP contribution in [-0.4, -0.2) is 26.2 Å². The molecule has 0 fully saturated rings. The lowest BCUT2D eigenvalue weighted by Crippen LogP contribution is -2.48. The second-order valence-corrected chi connectivity index (χ2v) is 4.84. The van der Waals surface area contributed by atoms with E-state index in [9.17, 15) is 4.39 Å². The van der Waals surface area contributed by atoms with E-state index >= 15 is 0 Å². The second kappa shape index (κ2) is 4.83. The van der Waals surface area contributed by atoms with Crippen LogP contribution >= 0.6 is 0 Å². The minimum absolute atomic E-state index is 0.000973. The molecule has 0 amide bonds. The van der Waals surface area contributed by atoms with Crippen molar-refractivity contribution < 1.29 is 4.39 Å². The van der Waals surface area contributed by atoms with E-state index in [1.165, 1.54) is 6.07 Å². The Labute approximate surface area is 97.5 Å². The molecule has 1 N–H and O–H groups in total. The van der Waals surface area contributed by atoms with Gasteiger partial charge in [0.2, 0.25) is 0 Å². The second-order valence-electron chi connectivity index (χ2n) is 4.84. The van der Waals surface area contributed by atoms with Gasteiger partial charge in [0.15, 0.2) is 0 Å². The molecular formula is C13H21FN2. The molecule has 0 radical (unpaired) electrons. The Balaban J connectivity index is 2.95. The van der Waals surface area contributed by atoms with E-state index in [2.05, 4.69) is 24.1 Å². The maximum Gasteiger partial charge on any atom is 0.126 e. The van der Waals surface area contributed by atoms with Crippen molar-refractivity contribution in [1.29, 1.82) is 0 Å². The lowest BCUT2D eigenvalue weighted by Gasteiger charge is -2.37. The first-order valence-electron chi connectivity index (χ1n) is 5.53. The van der Waals surface area contributed by atoms with E-state index in [1.807, 2.05) is 26.2 Å². The normalized spacial score (nSPS) is 11.6. The number of halogens is 1. The average Bonchev–Trinajstić information content (AvgIpc) is 2.21. The van der Waals surface area contributed by atoms with Gasteiger partial charge in [-0.05, 0) is 51.6 Å². The molecule has 0 spiro atoms. The van der Waals surface area contributed by atoms with Gasteiger partial charge in [-0.2, -0.15) is 0 Å². The predicted octanol–water partition coefficient (Wildman–Crippen LogP) is 2.57.